The molecular weight excluding hydrogens is 418 g/mol. The largest absolute Gasteiger partial charge is 0.352 e. The van der Waals surface area contributed by atoms with E-state index in [-0.39, 0.29) is 41.3 Å². The number of hydrogen-bond donors (Lipinski definition) is 3. The smallest absolute Gasteiger partial charge is 0.223 e. The summed E-state index contributed by atoms with van der Waals surface area (Å²) in [6.07, 6.45) is 0.798. The SMILES string of the molecule is CC(C)C(=O)NCc1ccc(F)c(C2NC(=O)CC(c3ccc(Cl)cn3)N2)c1Cl. The third-order valence-electron chi connectivity index (χ3n) is 4.64. The summed E-state index contributed by atoms with van der Waals surface area (Å²) in [5, 5.41) is 9.29. The van der Waals surface area contributed by atoms with Crippen LogP contribution < -0.4 is 16.0 Å². The summed E-state index contributed by atoms with van der Waals surface area (Å²) in [5.74, 6) is -1.13. The van der Waals surface area contributed by atoms with Gasteiger partial charge in [-0.15, -0.1) is 0 Å². The van der Waals surface area contributed by atoms with E-state index in [0.29, 0.717) is 16.3 Å². The van der Waals surface area contributed by atoms with Crippen LogP contribution in [0.4, 0.5) is 4.39 Å². The molecule has 154 valence electrons. The van der Waals surface area contributed by atoms with Crippen molar-refractivity contribution in [3.05, 3.63) is 63.1 Å². The van der Waals surface area contributed by atoms with Gasteiger partial charge < -0.3 is 10.6 Å². The second kappa shape index (κ2) is 9.07. The van der Waals surface area contributed by atoms with Crippen LogP contribution in [0.5, 0.6) is 0 Å². The maximum Gasteiger partial charge on any atom is 0.223 e. The van der Waals surface area contributed by atoms with Gasteiger partial charge in [-0.3, -0.25) is 19.9 Å². The Labute approximate surface area is 178 Å². The first-order valence-corrected chi connectivity index (χ1v) is 9.93. The molecule has 0 aliphatic carbocycles. The quantitative estimate of drug-likeness (QED) is 0.665. The molecule has 1 aliphatic heterocycles. The van der Waals surface area contributed by atoms with E-state index < -0.39 is 18.0 Å². The molecule has 29 heavy (non-hydrogen) atoms. The molecule has 1 saturated heterocycles. The first kappa shape index (κ1) is 21.5. The highest BCUT2D eigenvalue weighted by atomic mass is 35.5. The van der Waals surface area contributed by atoms with E-state index >= 15 is 0 Å². The van der Waals surface area contributed by atoms with E-state index in [1.54, 1.807) is 26.0 Å². The molecule has 1 fully saturated rings. The molecule has 3 N–H and O–H groups in total. The monoisotopic (exact) mass is 438 g/mol. The number of amides is 2. The molecular formula is C20H21Cl2FN4O2. The van der Waals surface area contributed by atoms with Crippen LogP contribution in [-0.2, 0) is 16.1 Å². The molecule has 6 nitrogen and oxygen atoms in total. The van der Waals surface area contributed by atoms with Gasteiger partial charge in [0.15, 0.2) is 0 Å². The van der Waals surface area contributed by atoms with Gasteiger partial charge in [-0.25, -0.2) is 4.39 Å². The minimum absolute atomic E-state index is 0.120. The van der Waals surface area contributed by atoms with Crippen molar-refractivity contribution in [3.8, 4) is 0 Å². The molecule has 0 bridgehead atoms. The lowest BCUT2D eigenvalue weighted by Gasteiger charge is -2.32. The predicted octanol–water partition coefficient (Wildman–Crippen LogP) is 3.65. The Hall–Kier alpha value is -2.22. The standard InChI is InChI=1S/C20H21Cl2FN4O2/c1-10(2)20(29)25-8-11-3-5-13(23)17(18(11)22)19-26-15(7-16(28)27-19)14-6-4-12(21)9-24-14/h3-6,9-10,15,19,26H,7-8H2,1-2H3,(H,25,29)(H,27,28). The number of benzene rings is 1. The number of aromatic nitrogens is 1. The zero-order valence-corrected chi connectivity index (χ0v) is 17.4. The highest BCUT2D eigenvalue weighted by Crippen LogP contribution is 2.32. The summed E-state index contributed by atoms with van der Waals surface area (Å²) in [6.45, 7) is 3.71. The third kappa shape index (κ3) is 5.04. The van der Waals surface area contributed by atoms with Gasteiger partial charge >= 0.3 is 0 Å². The van der Waals surface area contributed by atoms with Crippen molar-refractivity contribution in [1.29, 1.82) is 0 Å². The van der Waals surface area contributed by atoms with Crippen molar-refractivity contribution < 1.29 is 14.0 Å². The van der Waals surface area contributed by atoms with Gasteiger partial charge in [0.1, 0.15) is 12.0 Å². The van der Waals surface area contributed by atoms with Gasteiger partial charge in [0.25, 0.3) is 0 Å². The summed E-state index contributed by atoms with van der Waals surface area (Å²) < 4.78 is 14.7. The lowest BCUT2D eigenvalue weighted by molar-refractivity contribution is -0.125. The fraction of sp³-hybridized carbons (Fsp3) is 0.350. The second-order valence-electron chi connectivity index (χ2n) is 7.13. The number of nitrogens with zero attached hydrogens (tertiary/aromatic N) is 1. The molecule has 1 aromatic carbocycles. The zero-order valence-electron chi connectivity index (χ0n) is 15.9. The van der Waals surface area contributed by atoms with Gasteiger partial charge in [-0.05, 0) is 23.8 Å². The Morgan fingerprint density at radius 2 is 2.07 bits per heavy atom. The van der Waals surface area contributed by atoms with Crippen LogP contribution in [0.15, 0.2) is 30.5 Å². The van der Waals surface area contributed by atoms with E-state index in [1.807, 2.05) is 0 Å². The summed E-state index contributed by atoms with van der Waals surface area (Å²) in [6, 6.07) is 5.76. The number of nitrogens with one attached hydrogen (secondary N) is 3. The van der Waals surface area contributed by atoms with Crippen LogP contribution in [0.2, 0.25) is 10.0 Å². The summed E-state index contributed by atoms with van der Waals surface area (Å²) in [5.41, 5.74) is 1.29. The second-order valence-corrected chi connectivity index (χ2v) is 7.95. The highest BCUT2D eigenvalue weighted by molar-refractivity contribution is 6.32. The first-order chi connectivity index (χ1) is 13.8. The van der Waals surface area contributed by atoms with Gasteiger partial charge in [-0.2, -0.15) is 0 Å². The number of hydrogen-bond acceptors (Lipinski definition) is 4. The number of pyridine rings is 1. The summed E-state index contributed by atoms with van der Waals surface area (Å²) >= 11 is 12.3. The van der Waals surface area contributed by atoms with Crippen molar-refractivity contribution in [2.45, 2.75) is 39.0 Å². The Kier molecular flexibility index (Phi) is 6.72. The Bertz CT molecular complexity index is 921. The van der Waals surface area contributed by atoms with Crippen molar-refractivity contribution in [2.24, 2.45) is 5.92 Å². The number of halogens is 3. The lowest BCUT2D eigenvalue weighted by Crippen LogP contribution is -2.47. The van der Waals surface area contributed by atoms with Crippen molar-refractivity contribution >= 4 is 35.0 Å². The van der Waals surface area contributed by atoms with Crippen LogP contribution in [0.3, 0.4) is 0 Å². The summed E-state index contributed by atoms with van der Waals surface area (Å²) in [7, 11) is 0. The topological polar surface area (TPSA) is 83.1 Å². The Balaban J connectivity index is 1.86. The minimum Gasteiger partial charge on any atom is -0.352 e. The Morgan fingerprint density at radius 1 is 1.31 bits per heavy atom. The average molecular weight is 439 g/mol. The fourth-order valence-corrected chi connectivity index (χ4v) is 3.49. The van der Waals surface area contributed by atoms with Crippen LogP contribution >= 0.6 is 23.2 Å². The molecule has 0 radical (unpaired) electrons. The highest BCUT2D eigenvalue weighted by Gasteiger charge is 2.32. The third-order valence-corrected chi connectivity index (χ3v) is 5.31. The molecule has 1 aliphatic rings. The number of rotatable bonds is 5. The van der Waals surface area contributed by atoms with Crippen LogP contribution in [-0.4, -0.2) is 16.8 Å². The lowest BCUT2D eigenvalue weighted by atomic mass is 10.0. The normalized spacial score (nSPS) is 19.2. The van der Waals surface area contributed by atoms with Crippen LogP contribution in [0, 0.1) is 11.7 Å². The molecule has 2 heterocycles. The van der Waals surface area contributed by atoms with E-state index in [1.165, 1.54) is 18.3 Å². The molecule has 0 spiro atoms. The van der Waals surface area contributed by atoms with Crippen LogP contribution in [0.25, 0.3) is 0 Å². The van der Waals surface area contributed by atoms with Crippen molar-refractivity contribution in [1.82, 2.24) is 20.9 Å². The molecule has 2 amide bonds. The van der Waals surface area contributed by atoms with E-state index in [2.05, 4.69) is 20.9 Å². The molecule has 2 aromatic rings. The van der Waals surface area contributed by atoms with Gasteiger partial charge in [0.2, 0.25) is 11.8 Å². The van der Waals surface area contributed by atoms with E-state index in [9.17, 15) is 14.0 Å². The Morgan fingerprint density at radius 3 is 2.72 bits per heavy atom. The van der Waals surface area contributed by atoms with E-state index in [0.717, 1.165) is 0 Å². The first-order valence-electron chi connectivity index (χ1n) is 9.17. The van der Waals surface area contributed by atoms with Gasteiger partial charge in [0, 0.05) is 30.6 Å². The average Bonchev–Trinajstić information content (AvgIpc) is 2.67. The van der Waals surface area contributed by atoms with Gasteiger partial charge in [-0.1, -0.05) is 43.1 Å². The maximum atomic E-state index is 14.7. The minimum atomic E-state index is -0.841. The molecule has 1 aromatic heterocycles. The molecule has 3 rings (SSSR count). The molecule has 2 unspecified atom stereocenters. The summed E-state index contributed by atoms with van der Waals surface area (Å²) in [4.78, 5) is 28.3. The van der Waals surface area contributed by atoms with E-state index in [4.69, 9.17) is 23.2 Å². The van der Waals surface area contributed by atoms with Crippen molar-refractivity contribution in [3.63, 3.8) is 0 Å². The number of carbonyl (C=O) groups excluding carboxylic acids is 2. The zero-order chi connectivity index (χ0) is 21.1. The number of carbonyl (C=O) groups is 2. The van der Waals surface area contributed by atoms with Crippen LogP contribution in [0.1, 0.15) is 49.3 Å². The maximum absolute atomic E-state index is 14.7. The van der Waals surface area contributed by atoms with Gasteiger partial charge in [0.05, 0.1) is 21.8 Å². The molecule has 0 saturated carbocycles. The van der Waals surface area contributed by atoms with Crippen molar-refractivity contribution in [2.75, 3.05) is 0 Å². The predicted molar refractivity (Wildman–Crippen MR) is 109 cm³/mol. The molecule has 2 atom stereocenters. The molecule has 9 heteroatoms. The fourth-order valence-electron chi connectivity index (χ4n) is 3.05.